The molecular formula is C25H20O10. The van der Waals surface area contributed by atoms with Crippen LogP contribution in [-0.2, 0) is 0 Å². The third-order valence-electron chi connectivity index (χ3n) is 5.21. The minimum Gasteiger partial charge on any atom is -0.508 e. The van der Waals surface area contributed by atoms with Crippen molar-refractivity contribution in [1.82, 2.24) is 0 Å². The summed E-state index contributed by atoms with van der Waals surface area (Å²) in [4.78, 5) is 26.2. The molecule has 0 aliphatic carbocycles. The second-order valence-electron chi connectivity index (χ2n) is 7.41. The molecular weight excluding hydrogens is 460 g/mol. The normalized spacial score (nSPS) is 10.8. The van der Waals surface area contributed by atoms with E-state index >= 15 is 0 Å². The van der Waals surface area contributed by atoms with Crippen LogP contribution in [0.3, 0.4) is 0 Å². The van der Waals surface area contributed by atoms with Crippen LogP contribution in [0.1, 0.15) is 10.4 Å². The van der Waals surface area contributed by atoms with E-state index in [0.717, 1.165) is 12.1 Å². The fourth-order valence-electron chi connectivity index (χ4n) is 3.50. The first-order chi connectivity index (χ1) is 16.7. The average molecular weight is 480 g/mol. The molecule has 180 valence electrons. The van der Waals surface area contributed by atoms with Crippen molar-refractivity contribution < 1.29 is 43.8 Å². The number of benzene rings is 3. The number of phenols is 4. The molecule has 0 saturated heterocycles. The summed E-state index contributed by atoms with van der Waals surface area (Å²) in [5, 5.41) is 40.1. The number of hydrogen-bond acceptors (Lipinski definition) is 10. The molecule has 0 radical (unpaired) electrons. The Kier molecular flexibility index (Phi) is 6.11. The van der Waals surface area contributed by atoms with E-state index in [4.69, 9.17) is 18.6 Å². The number of fused-ring (bicyclic) bond motifs is 1. The number of aromatic hydroxyl groups is 4. The van der Waals surface area contributed by atoms with Crippen molar-refractivity contribution in [3.8, 4) is 51.6 Å². The van der Waals surface area contributed by atoms with Crippen LogP contribution in [0.15, 0.2) is 57.7 Å². The Morgan fingerprint density at radius 2 is 1.69 bits per heavy atom. The minimum absolute atomic E-state index is 0.0248. The van der Waals surface area contributed by atoms with E-state index in [1.807, 2.05) is 0 Å². The lowest BCUT2D eigenvalue weighted by atomic mass is 10.1. The van der Waals surface area contributed by atoms with E-state index in [1.165, 1.54) is 38.5 Å². The lowest BCUT2D eigenvalue weighted by Crippen LogP contribution is -2.17. The van der Waals surface area contributed by atoms with Crippen LogP contribution in [0, 0.1) is 0 Å². The minimum atomic E-state index is -0.714. The highest BCUT2D eigenvalue weighted by Gasteiger charge is 2.24. The lowest BCUT2D eigenvalue weighted by Gasteiger charge is -2.14. The maximum absolute atomic E-state index is 13.3. The number of phenolic OH excluding ortho intramolecular Hbond substituents is 4. The standard InChI is InChI=1S/C25H20O10/c1-32-14-4-6-20(33-2)16(10-14)19(29)11-34-25-23(31)15-5-3-12(26)9-21(15)35-24(25)17-7-13(27)8-18(28)22(17)30/h3-10,26-28,30H,11H2,1-2H3. The Bertz CT molecular complexity index is 1500. The van der Waals surface area contributed by atoms with Crippen molar-refractivity contribution in [2.75, 3.05) is 20.8 Å². The molecule has 0 spiro atoms. The zero-order valence-corrected chi connectivity index (χ0v) is 18.6. The summed E-state index contributed by atoms with van der Waals surface area (Å²) in [5.74, 6) is -2.73. The van der Waals surface area contributed by atoms with Crippen molar-refractivity contribution >= 4 is 16.8 Å². The molecule has 0 saturated carbocycles. The van der Waals surface area contributed by atoms with Gasteiger partial charge >= 0.3 is 0 Å². The van der Waals surface area contributed by atoms with Gasteiger partial charge in [-0.05, 0) is 36.4 Å². The number of Topliss-reactive ketones (excluding diaryl/α,β-unsaturated/α-hetero) is 1. The number of carbonyl (C=O) groups excluding carboxylic acids is 1. The fourth-order valence-corrected chi connectivity index (χ4v) is 3.50. The number of methoxy groups -OCH3 is 2. The van der Waals surface area contributed by atoms with E-state index < -0.39 is 40.8 Å². The number of ether oxygens (including phenoxy) is 3. The average Bonchev–Trinajstić information content (AvgIpc) is 2.84. The Balaban J connectivity index is 1.84. The zero-order valence-electron chi connectivity index (χ0n) is 18.6. The van der Waals surface area contributed by atoms with Crippen molar-refractivity contribution in [2.24, 2.45) is 0 Å². The molecule has 0 amide bonds. The first kappa shape index (κ1) is 23.3. The van der Waals surface area contributed by atoms with Gasteiger partial charge in [0, 0.05) is 12.1 Å². The fraction of sp³-hybridized carbons (Fsp3) is 0.120. The summed E-state index contributed by atoms with van der Waals surface area (Å²) in [5.41, 5.74) is -0.901. The van der Waals surface area contributed by atoms with Crippen molar-refractivity contribution in [1.29, 1.82) is 0 Å². The van der Waals surface area contributed by atoms with Crippen molar-refractivity contribution in [3.05, 3.63) is 64.3 Å². The number of carbonyl (C=O) groups is 1. The van der Waals surface area contributed by atoms with Gasteiger partial charge in [-0.2, -0.15) is 0 Å². The van der Waals surface area contributed by atoms with Crippen LogP contribution in [0.25, 0.3) is 22.3 Å². The van der Waals surface area contributed by atoms with Crippen molar-refractivity contribution in [3.63, 3.8) is 0 Å². The van der Waals surface area contributed by atoms with Crippen LogP contribution in [0.5, 0.6) is 40.2 Å². The topological polar surface area (TPSA) is 156 Å². The third-order valence-corrected chi connectivity index (χ3v) is 5.21. The highest BCUT2D eigenvalue weighted by molar-refractivity contribution is 6.00. The predicted octanol–water partition coefficient (Wildman–Crippen LogP) is 3.56. The van der Waals surface area contributed by atoms with Gasteiger partial charge in [0.05, 0.1) is 30.7 Å². The summed E-state index contributed by atoms with van der Waals surface area (Å²) >= 11 is 0. The summed E-state index contributed by atoms with van der Waals surface area (Å²) in [7, 11) is 2.83. The number of hydrogen-bond donors (Lipinski definition) is 4. The van der Waals surface area contributed by atoms with Gasteiger partial charge in [-0.3, -0.25) is 9.59 Å². The molecule has 0 fully saturated rings. The summed E-state index contributed by atoms with van der Waals surface area (Å²) in [6, 6.07) is 10.3. The summed E-state index contributed by atoms with van der Waals surface area (Å²) < 4.78 is 21.7. The maximum atomic E-state index is 13.3. The molecule has 1 heterocycles. The first-order valence-corrected chi connectivity index (χ1v) is 10.2. The predicted molar refractivity (Wildman–Crippen MR) is 124 cm³/mol. The quantitative estimate of drug-likeness (QED) is 0.175. The Morgan fingerprint density at radius 1 is 0.914 bits per heavy atom. The summed E-state index contributed by atoms with van der Waals surface area (Å²) in [6.07, 6.45) is 0. The van der Waals surface area contributed by atoms with E-state index in [2.05, 4.69) is 0 Å². The molecule has 35 heavy (non-hydrogen) atoms. The largest absolute Gasteiger partial charge is 0.508 e. The van der Waals surface area contributed by atoms with Gasteiger partial charge in [0.15, 0.2) is 23.9 Å². The molecule has 0 aliphatic heterocycles. The molecule has 4 aromatic rings. The van der Waals surface area contributed by atoms with E-state index in [-0.39, 0.29) is 39.4 Å². The van der Waals surface area contributed by atoms with Gasteiger partial charge in [-0.25, -0.2) is 0 Å². The number of rotatable bonds is 7. The van der Waals surface area contributed by atoms with Crippen LogP contribution < -0.4 is 19.6 Å². The van der Waals surface area contributed by atoms with Crippen molar-refractivity contribution in [2.45, 2.75) is 0 Å². The molecule has 1 aromatic heterocycles. The second kappa shape index (κ2) is 9.18. The van der Waals surface area contributed by atoms with E-state index in [1.54, 1.807) is 12.1 Å². The summed E-state index contributed by atoms with van der Waals surface area (Å²) in [6.45, 7) is -0.629. The lowest BCUT2D eigenvalue weighted by molar-refractivity contribution is 0.0917. The molecule has 0 aliphatic rings. The smallest absolute Gasteiger partial charge is 0.235 e. The molecule has 4 N–H and O–H groups in total. The maximum Gasteiger partial charge on any atom is 0.235 e. The third kappa shape index (κ3) is 4.36. The molecule has 0 unspecified atom stereocenters. The van der Waals surface area contributed by atoms with Crippen LogP contribution in [-0.4, -0.2) is 47.0 Å². The molecule has 0 atom stereocenters. The monoisotopic (exact) mass is 480 g/mol. The van der Waals surface area contributed by atoms with E-state index in [0.29, 0.717) is 5.75 Å². The SMILES string of the molecule is COc1ccc(OC)c(C(=O)COc2c(-c3cc(O)cc(O)c3O)oc3cc(O)ccc3c2=O)c1. The van der Waals surface area contributed by atoms with Crippen LogP contribution in [0.2, 0.25) is 0 Å². The Hall–Kier alpha value is -4.86. The van der Waals surface area contributed by atoms with Gasteiger partial charge in [0.2, 0.25) is 17.0 Å². The van der Waals surface area contributed by atoms with Crippen LogP contribution >= 0.6 is 0 Å². The van der Waals surface area contributed by atoms with Crippen LogP contribution in [0.4, 0.5) is 0 Å². The zero-order chi connectivity index (χ0) is 25.3. The Morgan fingerprint density at radius 3 is 2.40 bits per heavy atom. The second-order valence-corrected chi connectivity index (χ2v) is 7.41. The van der Waals surface area contributed by atoms with Gasteiger partial charge in [0.25, 0.3) is 0 Å². The first-order valence-electron chi connectivity index (χ1n) is 10.2. The highest BCUT2D eigenvalue weighted by Crippen LogP contribution is 2.43. The van der Waals surface area contributed by atoms with E-state index in [9.17, 15) is 30.0 Å². The molecule has 4 rings (SSSR count). The van der Waals surface area contributed by atoms with Gasteiger partial charge in [-0.15, -0.1) is 0 Å². The number of ketones is 1. The molecule has 3 aromatic carbocycles. The molecule has 10 heteroatoms. The van der Waals surface area contributed by atoms with Gasteiger partial charge in [0.1, 0.15) is 28.6 Å². The Labute approximate surface area is 197 Å². The molecule has 0 bridgehead atoms. The van der Waals surface area contributed by atoms with Gasteiger partial charge in [-0.1, -0.05) is 0 Å². The highest BCUT2D eigenvalue weighted by atomic mass is 16.5. The molecule has 10 nitrogen and oxygen atoms in total. The van der Waals surface area contributed by atoms with Gasteiger partial charge < -0.3 is 39.1 Å².